The first-order valence-electron chi connectivity index (χ1n) is 6.91. The molecule has 0 atom stereocenters. The van der Waals surface area contributed by atoms with E-state index in [1.54, 1.807) is 7.11 Å². The first-order valence-corrected chi connectivity index (χ1v) is 6.91. The van der Waals surface area contributed by atoms with Crippen molar-refractivity contribution in [1.29, 1.82) is 0 Å². The van der Waals surface area contributed by atoms with Crippen LogP contribution in [-0.4, -0.2) is 39.5 Å². The summed E-state index contributed by atoms with van der Waals surface area (Å²) in [5.74, 6) is 0.877. The monoisotopic (exact) mass is 265 g/mol. The molecule has 0 unspecified atom stereocenters. The third-order valence-electron chi connectivity index (χ3n) is 3.25. The molecule has 4 heteroatoms. The van der Waals surface area contributed by atoms with Crippen LogP contribution in [0, 0.1) is 0 Å². The van der Waals surface area contributed by atoms with Crippen LogP contribution in [-0.2, 0) is 16.1 Å². The average molecular weight is 265 g/mol. The van der Waals surface area contributed by atoms with Crippen molar-refractivity contribution in [2.45, 2.75) is 25.6 Å². The van der Waals surface area contributed by atoms with Gasteiger partial charge in [-0.15, -0.1) is 0 Å². The molecule has 19 heavy (non-hydrogen) atoms. The van der Waals surface area contributed by atoms with E-state index >= 15 is 0 Å². The highest BCUT2D eigenvalue weighted by molar-refractivity contribution is 5.26. The normalized spacial score (nSPS) is 16.5. The number of piperidine rings is 1. The Bertz CT molecular complexity index is 347. The molecule has 2 rings (SSSR count). The summed E-state index contributed by atoms with van der Waals surface area (Å²) in [4.78, 5) is 0. The molecule has 106 valence electrons. The van der Waals surface area contributed by atoms with Gasteiger partial charge >= 0.3 is 0 Å². The Kier molecular flexibility index (Phi) is 6.14. The van der Waals surface area contributed by atoms with Crippen LogP contribution in [0.2, 0.25) is 0 Å². The van der Waals surface area contributed by atoms with E-state index in [1.807, 2.05) is 12.1 Å². The Balaban J connectivity index is 1.71. The van der Waals surface area contributed by atoms with Gasteiger partial charge in [-0.2, -0.15) is 0 Å². The summed E-state index contributed by atoms with van der Waals surface area (Å²) in [6, 6.07) is 8.08. The largest absolute Gasteiger partial charge is 0.491 e. The van der Waals surface area contributed by atoms with E-state index in [4.69, 9.17) is 14.2 Å². The van der Waals surface area contributed by atoms with Crippen LogP contribution in [0.5, 0.6) is 5.75 Å². The molecule has 1 N–H and O–H groups in total. The van der Waals surface area contributed by atoms with E-state index in [9.17, 15) is 0 Å². The maximum Gasteiger partial charge on any atom is 0.119 e. The fraction of sp³-hybridized carbons (Fsp3) is 0.600. The molecule has 1 aromatic rings. The van der Waals surface area contributed by atoms with Crippen LogP contribution in [0.25, 0.3) is 0 Å². The minimum Gasteiger partial charge on any atom is -0.491 e. The second-order valence-corrected chi connectivity index (χ2v) is 4.75. The van der Waals surface area contributed by atoms with Gasteiger partial charge in [0.15, 0.2) is 0 Å². The predicted octanol–water partition coefficient (Wildman–Crippen LogP) is 1.98. The zero-order chi connectivity index (χ0) is 13.3. The van der Waals surface area contributed by atoms with Gasteiger partial charge in [-0.1, -0.05) is 12.1 Å². The third kappa shape index (κ3) is 5.19. The van der Waals surface area contributed by atoms with E-state index < -0.39 is 0 Å². The molecule has 0 radical (unpaired) electrons. The minimum atomic E-state index is 0.402. The molecule has 1 aromatic carbocycles. The van der Waals surface area contributed by atoms with Gasteiger partial charge in [-0.05, 0) is 43.6 Å². The molecule has 0 bridgehead atoms. The van der Waals surface area contributed by atoms with E-state index in [0.29, 0.717) is 25.9 Å². The highest BCUT2D eigenvalue weighted by Gasteiger charge is 2.12. The standard InChI is InChI=1S/C15H23NO3/c1-17-10-11-18-14-4-2-13(3-5-14)12-19-15-6-8-16-9-7-15/h2-5,15-16H,6-12H2,1H3. The summed E-state index contributed by atoms with van der Waals surface area (Å²) in [5, 5.41) is 3.34. The van der Waals surface area contributed by atoms with Crippen LogP contribution >= 0.6 is 0 Å². The molecule has 1 heterocycles. The molecule has 0 spiro atoms. The summed E-state index contributed by atoms with van der Waals surface area (Å²) in [6.45, 7) is 4.01. The quantitative estimate of drug-likeness (QED) is 0.765. The lowest BCUT2D eigenvalue weighted by atomic mass is 10.1. The second kappa shape index (κ2) is 8.15. The lowest BCUT2D eigenvalue weighted by molar-refractivity contribution is 0.0212. The summed E-state index contributed by atoms with van der Waals surface area (Å²) in [5.41, 5.74) is 1.19. The van der Waals surface area contributed by atoms with Crippen LogP contribution in [0.3, 0.4) is 0 Å². The molecule has 0 amide bonds. The molecule has 1 fully saturated rings. The van der Waals surface area contributed by atoms with Gasteiger partial charge in [0.1, 0.15) is 12.4 Å². The topological polar surface area (TPSA) is 39.7 Å². The van der Waals surface area contributed by atoms with E-state index in [2.05, 4.69) is 17.4 Å². The zero-order valence-electron chi connectivity index (χ0n) is 11.6. The lowest BCUT2D eigenvalue weighted by Crippen LogP contribution is -2.32. The smallest absolute Gasteiger partial charge is 0.119 e. The van der Waals surface area contributed by atoms with Crippen molar-refractivity contribution >= 4 is 0 Å². The number of ether oxygens (including phenoxy) is 3. The number of methoxy groups -OCH3 is 1. The van der Waals surface area contributed by atoms with Crippen molar-refractivity contribution in [2.24, 2.45) is 0 Å². The first-order chi connectivity index (χ1) is 9.38. The summed E-state index contributed by atoms with van der Waals surface area (Å²) >= 11 is 0. The van der Waals surface area contributed by atoms with E-state index in [0.717, 1.165) is 31.7 Å². The SMILES string of the molecule is COCCOc1ccc(COC2CCNCC2)cc1. The molecule has 1 aliphatic rings. The second-order valence-electron chi connectivity index (χ2n) is 4.75. The number of hydrogen-bond donors (Lipinski definition) is 1. The zero-order valence-corrected chi connectivity index (χ0v) is 11.6. The van der Waals surface area contributed by atoms with Gasteiger partial charge in [0, 0.05) is 7.11 Å². The van der Waals surface area contributed by atoms with Gasteiger partial charge in [-0.3, -0.25) is 0 Å². The fourth-order valence-electron chi connectivity index (χ4n) is 2.10. The van der Waals surface area contributed by atoms with Gasteiger partial charge in [0.05, 0.1) is 19.3 Å². The maximum atomic E-state index is 5.91. The lowest BCUT2D eigenvalue weighted by Gasteiger charge is -2.23. The van der Waals surface area contributed by atoms with E-state index in [1.165, 1.54) is 5.56 Å². The third-order valence-corrected chi connectivity index (χ3v) is 3.25. The summed E-state index contributed by atoms with van der Waals surface area (Å²) < 4.78 is 16.4. The molecule has 0 aromatic heterocycles. The summed E-state index contributed by atoms with van der Waals surface area (Å²) in [6.07, 6.45) is 2.62. The van der Waals surface area contributed by atoms with Crippen molar-refractivity contribution in [1.82, 2.24) is 5.32 Å². The number of rotatable bonds is 7. The van der Waals surface area contributed by atoms with Gasteiger partial charge < -0.3 is 19.5 Å². The van der Waals surface area contributed by atoms with Crippen molar-refractivity contribution in [3.8, 4) is 5.75 Å². The van der Waals surface area contributed by atoms with Gasteiger partial charge in [0.25, 0.3) is 0 Å². The predicted molar refractivity (Wildman–Crippen MR) is 74.5 cm³/mol. The van der Waals surface area contributed by atoms with Gasteiger partial charge in [-0.25, -0.2) is 0 Å². The Morgan fingerprint density at radius 3 is 2.53 bits per heavy atom. The van der Waals surface area contributed by atoms with Crippen molar-refractivity contribution in [3.05, 3.63) is 29.8 Å². The van der Waals surface area contributed by atoms with Crippen molar-refractivity contribution < 1.29 is 14.2 Å². The highest BCUT2D eigenvalue weighted by atomic mass is 16.5. The fourth-order valence-corrected chi connectivity index (χ4v) is 2.10. The maximum absolute atomic E-state index is 5.91. The molecule has 0 aliphatic carbocycles. The number of hydrogen-bond acceptors (Lipinski definition) is 4. The average Bonchev–Trinajstić information content (AvgIpc) is 2.48. The van der Waals surface area contributed by atoms with Crippen molar-refractivity contribution in [3.63, 3.8) is 0 Å². The van der Waals surface area contributed by atoms with Crippen molar-refractivity contribution in [2.75, 3.05) is 33.4 Å². The Labute approximate surface area is 115 Å². The van der Waals surface area contributed by atoms with Crippen LogP contribution in [0.4, 0.5) is 0 Å². The van der Waals surface area contributed by atoms with Crippen LogP contribution in [0.1, 0.15) is 18.4 Å². The number of benzene rings is 1. The van der Waals surface area contributed by atoms with Crippen LogP contribution < -0.4 is 10.1 Å². The minimum absolute atomic E-state index is 0.402. The molecule has 1 saturated heterocycles. The Morgan fingerprint density at radius 2 is 1.84 bits per heavy atom. The van der Waals surface area contributed by atoms with E-state index in [-0.39, 0.29) is 0 Å². The summed E-state index contributed by atoms with van der Waals surface area (Å²) in [7, 11) is 1.67. The molecule has 4 nitrogen and oxygen atoms in total. The number of nitrogens with one attached hydrogen (secondary N) is 1. The Hall–Kier alpha value is -1.10. The molecule has 0 saturated carbocycles. The van der Waals surface area contributed by atoms with Gasteiger partial charge in [0.2, 0.25) is 0 Å². The molecule has 1 aliphatic heterocycles. The van der Waals surface area contributed by atoms with Crippen LogP contribution in [0.15, 0.2) is 24.3 Å². The highest BCUT2D eigenvalue weighted by Crippen LogP contribution is 2.15. The molecular weight excluding hydrogens is 242 g/mol. The first kappa shape index (κ1) is 14.3. The molecular formula is C15H23NO3. The Morgan fingerprint density at radius 1 is 1.11 bits per heavy atom.